The Labute approximate surface area is 257 Å². The van der Waals surface area contributed by atoms with Gasteiger partial charge in [0.15, 0.2) is 0 Å². The Balaban J connectivity index is 1.38. The van der Waals surface area contributed by atoms with E-state index in [1.54, 1.807) is 74.9 Å². The highest BCUT2D eigenvalue weighted by Crippen LogP contribution is 2.54. The maximum absolute atomic E-state index is 14.0. The molecule has 0 saturated carbocycles. The highest BCUT2D eigenvalue weighted by molar-refractivity contribution is 9.10. The fourth-order valence-electron chi connectivity index (χ4n) is 5.29. The lowest BCUT2D eigenvalue weighted by Gasteiger charge is -2.30. The molecule has 1 N–H and O–H groups in total. The second kappa shape index (κ2) is 11.4. The average Bonchev–Trinajstić information content (AvgIpc) is 3.44. The summed E-state index contributed by atoms with van der Waals surface area (Å²) in [5, 5.41) is 2.56. The van der Waals surface area contributed by atoms with Gasteiger partial charge in [-0.05, 0) is 66.2 Å². The number of nitrogens with zero attached hydrogens (tertiary/aromatic N) is 2. The zero-order valence-electron chi connectivity index (χ0n) is 22.4. The summed E-state index contributed by atoms with van der Waals surface area (Å²) < 4.78 is 12.7. The number of thiazole rings is 1. The lowest BCUT2D eigenvalue weighted by atomic mass is 9.83. The van der Waals surface area contributed by atoms with E-state index >= 15 is 0 Å². The van der Waals surface area contributed by atoms with Gasteiger partial charge >= 0.3 is 4.87 Å². The number of nitrogens with one attached hydrogen (secondary N) is 1. The quantitative estimate of drug-likeness (QED) is 0.273. The van der Waals surface area contributed by atoms with Crippen LogP contribution in [-0.4, -0.2) is 41.8 Å². The second-order valence-electron chi connectivity index (χ2n) is 9.70. The SMILES string of the molecule is COc1ccc(NC(=O)Cn2c3c(sc2=O)[C@@H](c2ccc(OC)cc2)C2C(=O)N(c4ccc(Br)cc4)C(=O)C2S3)cc1. The number of carbonyl (C=O) groups excluding carboxylic acids is 3. The third kappa shape index (κ3) is 5.03. The number of methoxy groups -OCH3 is 2. The number of imide groups is 1. The molecular weight excluding hydrogens is 642 g/mol. The summed E-state index contributed by atoms with van der Waals surface area (Å²) in [6, 6.07) is 21.2. The average molecular weight is 667 g/mol. The number of aromatic nitrogens is 1. The molecule has 0 bridgehead atoms. The Hall–Kier alpha value is -3.87. The molecule has 1 aromatic heterocycles. The summed E-state index contributed by atoms with van der Waals surface area (Å²) in [6.45, 7) is -0.241. The number of thioether (sulfide) groups is 1. The zero-order chi connectivity index (χ0) is 29.5. The van der Waals surface area contributed by atoms with Crippen molar-refractivity contribution in [1.82, 2.24) is 4.57 Å². The van der Waals surface area contributed by atoms with Crippen LogP contribution in [0.1, 0.15) is 16.4 Å². The van der Waals surface area contributed by atoms with E-state index in [9.17, 15) is 19.2 Å². The number of rotatable bonds is 7. The standard InChI is InChI=1S/C30H24BrN3O6S2/c1-39-20-11-3-16(4-12-20)23-24-25(28(37)34(27(24)36)19-9-5-17(31)6-10-19)41-29-26(23)42-30(38)33(29)15-22(35)32-18-7-13-21(40-2)14-8-18/h3-14,23-25H,15H2,1-2H3,(H,32,35)/t23-,24?,25?/m0/s1. The van der Waals surface area contributed by atoms with Crippen molar-refractivity contribution in [2.75, 3.05) is 24.4 Å². The van der Waals surface area contributed by atoms with E-state index in [0.717, 1.165) is 21.4 Å². The highest BCUT2D eigenvalue weighted by atomic mass is 79.9. The fourth-order valence-corrected chi connectivity index (χ4v) is 8.33. The van der Waals surface area contributed by atoms with Crippen LogP contribution in [0.2, 0.25) is 0 Å². The molecule has 0 radical (unpaired) electrons. The molecule has 3 atom stereocenters. The number of hydrogen-bond donors (Lipinski definition) is 1. The topological polar surface area (TPSA) is 107 Å². The number of carbonyl (C=O) groups is 3. The third-order valence-corrected chi connectivity index (χ3v) is 10.4. The van der Waals surface area contributed by atoms with Gasteiger partial charge in [0.25, 0.3) is 0 Å². The van der Waals surface area contributed by atoms with Crippen LogP contribution in [0.15, 0.2) is 87.1 Å². The minimum Gasteiger partial charge on any atom is -0.497 e. The first-order valence-electron chi connectivity index (χ1n) is 12.9. The zero-order valence-corrected chi connectivity index (χ0v) is 25.6. The summed E-state index contributed by atoms with van der Waals surface area (Å²) in [7, 11) is 3.13. The van der Waals surface area contributed by atoms with E-state index in [4.69, 9.17) is 9.47 Å². The maximum Gasteiger partial charge on any atom is 0.308 e. The van der Waals surface area contributed by atoms with Gasteiger partial charge < -0.3 is 14.8 Å². The van der Waals surface area contributed by atoms with Crippen molar-refractivity contribution in [2.24, 2.45) is 5.92 Å². The summed E-state index contributed by atoms with van der Waals surface area (Å²) in [5.74, 6) is -1.06. The molecular formula is C30H24BrN3O6S2. The van der Waals surface area contributed by atoms with Crippen LogP contribution < -0.4 is 24.6 Å². The molecule has 2 aliphatic heterocycles. The van der Waals surface area contributed by atoms with Crippen LogP contribution in [0, 0.1) is 5.92 Å². The predicted octanol–water partition coefficient (Wildman–Crippen LogP) is 5.12. The lowest BCUT2D eigenvalue weighted by Crippen LogP contribution is -2.33. The molecule has 2 unspecified atom stereocenters. The van der Waals surface area contributed by atoms with Crippen molar-refractivity contribution in [2.45, 2.75) is 22.7 Å². The number of hydrogen-bond acceptors (Lipinski definition) is 8. The van der Waals surface area contributed by atoms with Crippen LogP contribution in [0.4, 0.5) is 11.4 Å². The van der Waals surface area contributed by atoms with Crippen LogP contribution >= 0.6 is 39.0 Å². The van der Waals surface area contributed by atoms with E-state index in [2.05, 4.69) is 21.2 Å². The molecule has 4 aromatic rings. The number of fused-ring (bicyclic) bond motifs is 2. The number of benzene rings is 3. The van der Waals surface area contributed by atoms with Crippen molar-refractivity contribution >= 4 is 68.1 Å². The maximum atomic E-state index is 14.0. The first-order chi connectivity index (χ1) is 20.3. The van der Waals surface area contributed by atoms with Gasteiger partial charge in [0.1, 0.15) is 23.3 Å². The molecule has 0 spiro atoms. The van der Waals surface area contributed by atoms with E-state index < -0.39 is 23.0 Å². The Morgan fingerprint density at radius 3 is 2.12 bits per heavy atom. The summed E-state index contributed by atoms with van der Waals surface area (Å²) in [4.78, 5) is 55.7. The molecule has 3 aromatic carbocycles. The molecule has 42 heavy (non-hydrogen) atoms. The number of amides is 3. The van der Waals surface area contributed by atoms with Gasteiger partial charge in [0.2, 0.25) is 17.7 Å². The number of ether oxygens (including phenoxy) is 2. The smallest absolute Gasteiger partial charge is 0.308 e. The number of anilines is 2. The van der Waals surface area contributed by atoms with E-state index in [0.29, 0.717) is 32.8 Å². The van der Waals surface area contributed by atoms with Crippen LogP contribution in [-0.2, 0) is 20.9 Å². The first kappa shape index (κ1) is 28.3. The Morgan fingerprint density at radius 1 is 0.881 bits per heavy atom. The van der Waals surface area contributed by atoms with Gasteiger partial charge in [0.05, 0.1) is 30.9 Å². The van der Waals surface area contributed by atoms with Gasteiger partial charge in [-0.15, -0.1) is 0 Å². The van der Waals surface area contributed by atoms with Crippen molar-refractivity contribution in [3.8, 4) is 11.5 Å². The monoisotopic (exact) mass is 665 g/mol. The Kier molecular flexibility index (Phi) is 7.69. The van der Waals surface area contributed by atoms with Crippen LogP contribution in [0.5, 0.6) is 11.5 Å². The van der Waals surface area contributed by atoms with Crippen molar-refractivity contribution in [3.05, 3.63) is 97.4 Å². The van der Waals surface area contributed by atoms with Gasteiger partial charge in [0, 0.05) is 21.0 Å². The molecule has 1 fully saturated rings. The molecule has 1 saturated heterocycles. The van der Waals surface area contributed by atoms with Gasteiger partial charge in [-0.1, -0.05) is 51.2 Å². The van der Waals surface area contributed by atoms with Crippen molar-refractivity contribution in [1.29, 1.82) is 0 Å². The Bertz CT molecular complexity index is 1730. The molecule has 214 valence electrons. The molecule has 12 heteroatoms. The van der Waals surface area contributed by atoms with Crippen molar-refractivity contribution < 1.29 is 23.9 Å². The van der Waals surface area contributed by atoms with Gasteiger partial charge in [-0.2, -0.15) is 0 Å². The molecule has 9 nitrogen and oxygen atoms in total. The normalized spacial score (nSPS) is 19.3. The molecule has 0 aliphatic carbocycles. The van der Waals surface area contributed by atoms with E-state index in [1.165, 1.54) is 21.2 Å². The van der Waals surface area contributed by atoms with E-state index in [-0.39, 0.29) is 23.2 Å². The largest absolute Gasteiger partial charge is 0.497 e. The van der Waals surface area contributed by atoms with E-state index in [1.807, 2.05) is 12.1 Å². The molecule has 3 amide bonds. The molecule has 6 rings (SSSR count). The van der Waals surface area contributed by atoms with Gasteiger partial charge in [-0.3, -0.25) is 23.7 Å². The summed E-state index contributed by atoms with van der Waals surface area (Å²) in [6.07, 6.45) is 0. The second-order valence-corrected chi connectivity index (χ2v) is 12.7. The molecule has 3 heterocycles. The molecule has 2 aliphatic rings. The van der Waals surface area contributed by atoms with Crippen LogP contribution in [0.3, 0.4) is 0 Å². The number of halogens is 1. The van der Waals surface area contributed by atoms with Gasteiger partial charge in [-0.25, -0.2) is 4.90 Å². The third-order valence-electron chi connectivity index (χ3n) is 7.28. The minimum atomic E-state index is -0.773. The summed E-state index contributed by atoms with van der Waals surface area (Å²) >= 11 is 5.58. The van der Waals surface area contributed by atoms with Crippen molar-refractivity contribution in [3.63, 3.8) is 0 Å². The highest BCUT2D eigenvalue weighted by Gasteiger charge is 2.56. The fraction of sp³-hybridized carbons (Fsp3) is 0.200. The Morgan fingerprint density at radius 2 is 1.50 bits per heavy atom. The lowest BCUT2D eigenvalue weighted by molar-refractivity contribution is -0.122. The first-order valence-corrected chi connectivity index (χ1v) is 15.4. The summed E-state index contributed by atoms with van der Waals surface area (Å²) in [5.41, 5.74) is 1.82. The predicted molar refractivity (Wildman–Crippen MR) is 165 cm³/mol. The minimum absolute atomic E-state index is 0.241. The van der Waals surface area contributed by atoms with Crippen LogP contribution in [0.25, 0.3) is 0 Å².